The summed E-state index contributed by atoms with van der Waals surface area (Å²) >= 11 is 0. The van der Waals surface area contributed by atoms with Crippen molar-refractivity contribution in [1.29, 1.82) is 0 Å². The third-order valence-electron chi connectivity index (χ3n) is 4.33. The van der Waals surface area contributed by atoms with Crippen molar-refractivity contribution in [3.05, 3.63) is 42.7 Å². The topological polar surface area (TPSA) is 35.0 Å². The highest BCUT2D eigenvalue weighted by molar-refractivity contribution is 6.77. The SMILES string of the molecule is CCCC[Si](C)(C)CCCCOc1cnc(-c2cc[c]cc2)nc1. The van der Waals surface area contributed by atoms with Gasteiger partial charge in [0.25, 0.3) is 0 Å². The van der Waals surface area contributed by atoms with E-state index in [2.05, 4.69) is 36.1 Å². The molecular weight excluding hydrogens is 312 g/mol. The van der Waals surface area contributed by atoms with E-state index in [1.165, 1.54) is 31.4 Å². The molecule has 24 heavy (non-hydrogen) atoms. The lowest BCUT2D eigenvalue weighted by Crippen LogP contribution is -2.24. The fourth-order valence-corrected chi connectivity index (χ4v) is 5.52. The van der Waals surface area contributed by atoms with E-state index in [4.69, 9.17) is 4.74 Å². The Morgan fingerprint density at radius 3 is 2.33 bits per heavy atom. The molecule has 0 spiro atoms. The summed E-state index contributed by atoms with van der Waals surface area (Å²) in [5, 5.41) is 0. The van der Waals surface area contributed by atoms with Crippen LogP contribution in [0.2, 0.25) is 25.2 Å². The summed E-state index contributed by atoms with van der Waals surface area (Å²) in [6, 6.07) is 13.5. The van der Waals surface area contributed by atoms with E-state index in [0.717, 1.165) is 30.2 Å². The molecule has 2 rings (SSSR count). The third kappa shape index (κ3) is 6.44. The summed E-state index contributed by atoms with van der Waals surface area (Å²) in [7, 11) is -0.981. The number of hydrogen-bond acceptors (Lipinski definition) is 3. The van der Waals surface area contributed by atoms with Crippen LogP contribution in [-0.2, 0) is 0 Å². The van der Waals surface area contributed by atoms with Gasteiger partial charge in [-0.2, -0.15) is 0 Å². The molecule has 0 saturated carbocycles. The van der Waals surface area contributed by atoms with Crippen LogP contribution in [0.1, 0.15) is 32.6 Å². The zero-order valence-electron chi connectivity index (χ0n) is 15.2. The molecule has 0 N–H and O–H groups in total. The van der Waals surface area contributed by atoms with Crippen LogP contribution in [0.15, 0.2) is 36.7 Å². The molecule has 0 aliphatic rings. The smallest absolute Gasteiger partial charge is 0.159 e. The van der Waals surface area contributed by atoms with Gasteiger partial charge < -0.3 is 4.74 Å². The van der Waals surface area contributed by atoms with Crippen LogP contribution >= 0.6 is 0 Å². The molecule has 0 saturated heterocycles. The maximum atomic E-state index is 5.78. The number of hydrogen-bond donors (Lipinski definition) is 0. The zero-order chi connectivity index (χ0) is 17.3. The van der Waals surface area contributed by atoms with E-state index in [1.54, 1.807) is 12.4 Å². The minimum atomic E-state index is -0.981. The van der Waals surface area contributed by atoms with Gasteiger partial charge in [0.15, 0.2) is 11.6 Å². The Morgan fingerprint density at radius 1 is 1.00 bits per heavy atom. The molecule has 0 fully saturated rings. The number of nitrogens with zero attached hydrogens (tertiary/aromatic N) is 2. The fraction of sp³-hybridized carbons (Fsp3) is 0.500. The van der Waals surface area contributed by atoms with Crippen LogP contribution in [0, 0.1) is 6.07 Å². The van der Waals surface area contributed by atoms with Crippen molar-refractivity contribution >= 4 is 8.07 Å². The normalized spacial score (nSPS) is 11.5. The number of rotatable bonds is 10. The Bertz CT molecular complexity index is 584. The maximum absolute atomic E-state index is 5.78. The Kier molecular flexibility index (Phi) is 7.44. The Labute approximate surface area is 147 Å². The van der Waals surface area contributed by atoms with Crippen molar-refractivity contribution in [3.63, 3.8) is 0 Å². The lowest BCUT2D eigenvalue weighted by Gasteiger charge is -2.21. The van der Waals surface area contributed by atoms with Crippen LogP contribution in [0.25, 0.3) is 11.4 Å². The van der Waals surface area contributed by atoms with Gasteiger partial charge >= 0.3 is 0 Å². The number of ether oxygens (including phenoxy) is 1. The summed E-state index contributed by atoms with van der Waals surface area (Å²) in [6.07, 6.45) is 8.61. The van der Waals surface area contributed by atoms with Crippen molar-refractivity contribution in [2.45, 2.75) is 57.8 Å². The predicted octanol–water partition coefficient (Wildman–Crippen LogP) is 5.61. The monoisotopic (exact) mass is 341 g/mol. The highest BCUT2D eigenvalue weighted by Gasteiger charge is 2.18. The van der Waals surface area contributed by atoms with Crippen molar-refractivity contribution in [1.82, 2.24) is 9.97 Å². The first-order valence-corrected chi connectivity index (χ1v) is 12.4. The second-order valence-corrected chi connectivity index (χ2v) is 12.4. The van der Waals surface area contributed by atoms with Gasteiger partial charge in [0.1, 0.15) is 0 Å². The van der Waals surface area contributed by atoms with Gasteiger partial charge in [-0.15, -0.1) is 0 Å². The standard InChI is InChI=1S/C20H29N2OSi/c1-4-5-14-24(2,3)15-10-9-13-23-19-16-21-20(22-17-19)18-11-7-6-8-12-18/h7-8,11-12,16-17H,4-5,9-10,13-15H2,1-3H3. The van der Waals surface area contributed by atoms with Gasteiger partial charge in [-0.1, -0.05) is 75.6 Å². The van der Waals surface area contributed by atoms with Crippen LogP contribution in [0.3, 0.4) is 0 Å². The summed E-state index contributed by atoms with van der Waals surface area (Å²) in [4.78, 5) is 8.76. The highest BCUT2D eigenvalue weighted by Crippen LogP contribution is 2.21. The van der Waals surface area contributed by atoms with Crippen LogP contribution in [0.4, 0.5) is 0 Å². The quantitative estimate of drug-likeness (QED) is 0.416. The first-order valence-electron chi connectivity index (χ1n) is 9.02. The van der Waals surface area contributed by atoms with Crippen molar-refractivity contribution in [3.8, 4) is 17.1 Å². The number of aromatic nitrogens is 2. The fourth-order valence-electron chi connectivity index (χ4n) is 2.75. The minimum absolute atomic E-state index is 0.722. The number of benzene rings is 1. The molecule has 0 bridgehead atoms. The van der Waals surface area contributed by atoms with Crippen molar-refractivity contribution in [2.75, 3.05) is 6.61 Å². The molecule has 4 heteroatoms. The van der Waals surface area contributed by atoms with Crippen LogP contribution in [-0.4, -0.2) is 24.6 Å². The molecule has 0 amide bonds. The lowest BCUT2D eigenvalue weighted by molar-refractivity contribution is 0.306. The zero-order valence-corrected chi connectivity index (χ0v) is 16.2. The van der Waals surface area contributed by atoms with E-state index >= 15 is 0 Å². The average Bonchev–Trinajstić information content (AvgIpc) is 2.61. The van der Waals surface area contributed by atoms with Gasteiger partial charge in [0, 0.05) is 13.6 Å². The second-order valence-electron chi connectivity index (χ2n) is 7.10. The molecule has 1 aromatic heterocycles. The maximum Gasteiger partial charge on any atom is 0.159 e. The molecule has 1 aromatic carbocycles. The molecule has 0 atom stereocenters. The van der Waals surface area contributed by atoms with E-state index in [1.807, 2.05) is 24.3 Å². The van der Waals surface area contributed by atoms with E-state index in [-0.39, 0.29) is 0 Å². The highest BCUT2D eigenvalue weighted by atomic mass is 28.3. The average molecular weight is 342 g/mol. The third-order valence-corrected chi connectivity index (χ3v) is 7.74. The molecule has 0 aliphatic carbocycles. The predicted molar refractivity (Wildman–Crippen MR) is 103 cm³/mol. The Morgan fingerprint density at radius 2 is 1.67 bits per heavy atom. The minimum Gasteiger partial charge on any atom is -0.490 e. The summed E-state index contributed by atoms with van der Waals surface area (Å²) in [5.41, 5.74) is 1.000. The van der Waals surface area contributed by atoms with Crippen molar-refractivity contribution < 1.29 is 4.74 Å². The van der Waals surface area contributed by atoms with Gasteiger partial charge in [0.05, 0.1) is 19.0 Å². The molecule has 3 nitrogen and oxygen atoms in total. The summed E-state index contributed by atoms with van der Waals surface area (Å²) in [5.74, 6) is 1.48. The molecule has 2 aromatic rings. The van der Waals surface area contributed by atoms with E-state index in [0.29, 0.717) is 0 Å². The number of unbranched alkanes of at least 4 members (excludes halogenated alkanes) is 2. The Hall–Kier alpha value is -1.68. The molecule has 0 aliphatic heterocycles. The van der Waals surface area contributed by atoms with Gasteiger partial charge in [-0.25, -0.2) is 9.97 Å². The van der Waals surface area contributed by atoms with Crippen LogP contribution in [0.5, 0.6) is 5.75 Å². The summed E-state index contributed by atoms with van der Waals surface area (Å²) < 4.78 is 5.78. The largest absolute Gasteiger partial charge is 0.490 e. The van der Waals surface area contributed by atoms with Gasteiger partial charge in [-0.05, 0) is 12.5 Å². The van der Waals surface area contributed by atoms with Gasteiger partial charge in [-0.3, -0.25) is 0 Å². The molecule has 129 valence electrons. The Balaban J connectivity index is 1.70. The molecule has 0 unspecified atom stereocenters. The molecule has 1 radical (unpaired) electrons. The van der Waals surface area contributed by atoms with Crippen LogP contribution < -0.4 is 4.74 Å². The lowest BCUT2D eigenvalue weighted by atomic mass is 10.2. The first-order chi connectivity index (χ1) is 11.6. The summed E-state index contributed by atoms with van der Waals surface area (Å²) in [6.45, 7) is 8.05. The van der Waals surface area contributed by atoms with E-state index in [9.17, 15) is 0 Å². The van der Waals surface area contributed by atoms with Gasteiger partial charge in [0.2, 0.25) is 0 Å². The molecular formula is C20H29N2OSi. The molecule has 1 heterocycles. The second kappa shape index (κ2) is 9.57. The van der Waals surface area contributed by atoms with Crippen molar-refractivity contribution in [2.24, 2.45) is 0 Å². The van der Waals surface area contributed by atoms with E-state index < -0.39 is 8.07 Å². The first kappa shape index (κ1) is 18.7.